The molecule has 0 spiro atoms. The van der Waals surface area contributed by atoms with Gasteiger partial charge < -0.3 is 5.32 Å². The van der Waals surface area contributed by atoms with E-state index in [1.165, 1.54) is 12.1 Å². The van der Waals surface area contributed by atoms with Crippen molar-refractivity contribution < 1.29 is 13.2 Å². The molecule has 0 unspecified atom stereocenters. The Labute approximate surface area is 201 Å². The highest BCUT2D eigenvalue weighted by atomic mass is 35.5. The van der Waals surface area contributed by atoms with Gasteiger partial charge in [0.1, 0.15) is 6.54 Å². The summed E-state index contributed by atoms with van der Waals surface area (Å²) < 4.78 is 28.3. The molecule has 1 atom stereocenters. The van der Waals surface area contributed by atoms with Crippen molar-refractivity contribution in [3.05, 3.63) is 95.0 Å². The number of rotatable bonds is 9. The van der Waals surface area contributed by atoms with E-state index in [0.717, 1.165) is 16.3 Å². The molecule has 0 aromatic heterocycles. The summed E-state index contributed by atoms with van der Waals surface area (Å²) >= 11 is 6.29. The van der Waals surface area contributed by atoms with E-state index in [1.54, 1.807) is 43.3 Å². The maximum atomic E-state index is 13.6. The monoisotopic (exact) mass is 484 g/mol. The summed E-state index contributed by atoms with van der Waals surface area (Å²) in [5, 5.41) is 3.48. The summed E-state index contributed by atoms with van der Waals surface area (Å²) in [4.78, 5) is 13.3. The van der Waals surface area contributed by atoms with E-state index in [2.05, 4.69) is 19.2 Å². The molecule has 1 N–H and O–H groups in total. The lowest BCUT2D eigenvalue weighted by molar-refractivity contribution is -0.120. The molecule has 174 valence electrons. The first kappa shape index (κ1) is 24.8. The minimum absolute atomic E-state index is 0.110. The Morgan fingerprint density at radius 1 is 0.939 bits per heavy atom. The van der Waals surface area contributed by atoms with Crippen LogP contribution in [-0.4, -0.2) is 20.9 Å². The molecule has 0 aliphatic carbocycles. The fourth-order valence-electron chi connectivity index (χ4n) is 3.69. The van der Waals surface area contributed by atoms with Gasteiger partial charge in [0.15, 0.2) is 0 Å². The largest absolute Gasteiger partial charge is 0.348 e. The van der Waals surface area contributed by atoms with Crippen molar-refractivity contribution in [1.82, 2.24) is 5.32 Å². The lowest BCUT2D eigenvalue weighted by Gasteiger charge is -2.28. The zero-order valence-corrected chi connectivity index (χ0v) is 20.6. The Hall–Kier alpha value is -2.83. The Morgan fingerprint density at radius 2 is 1.55 bits per heavy atom. The van der Waals surface area contributed by atoms with Gasteiger partial charge in [0.25, 0.3) is 10.0 Å². The van der Waals surface area contributed by atoms with Crippen molar-refractivity contribution in [1.29, 1.82) is 0 Å². The number of hydrogen-bond donors (Lipinski definition) is 1. The first-order valence-electron chi connectivity index (χ1n) is 10.9. The molecular weight excluding hydrogens is 456 g/mol. The lowest BCUT2D eigenvalue weighted by Crippen LogP contribution is -2.42. The van der Waals surface area contributed by atoms with Crippen LogP contribution < -0.4 is 9.62 Å². The van der Waals surface area contributed by atoms with Crippen molar-refractivity contribution in [2.45, 2.75) is 38.1 Å². The molecule has 0 fully saturated rings. The second-order valence-corrected chi connectivity index (χ2v) is 10.6. The molecule has 0 heterocycles. The van der Waals surface area contributed by atoms with Crippen LogP contribution in [0.5, 0.6) is 0 Å². The molecule has 0 aliphatic rings. The van der Waals surface area contributed by atoms with Gasteiger partial charge in [-0.2, -0.15) is 0 Å². The Bertz CT molecular complexity index is 1180. The number of carbonyl (C=O) groups is 1. The summed E-state index contributed by atoms with van der Waals surface area (Å²) in [6, 6.07) is 22.6. The number of nitrogens with zero attached hydrogens (tertiary/aromatic N) is 1. The van der Waals surface area contributed by atoms with Gasteiger partial charge in [-0.25, -0.2) is 8.42 Å². The van der Waals surface area contributed by atoms with Crippen LogP contribution in [0.25, 0.3) is 0 Å². The Balaban J connectivity index is 1.96. The molecule has 7 heteroatoms. The maximum Gasteiger partial charge on any atom is 0.264 e. The first-order valence-corrected chi connectivity index (χ1v) is 12.7. The summed E-state index contributed by atoms with van der Waals surface area (Å²) in [6.45, 7) is 5.56. The van der Waals surface area contributed by atoms with Gasteiger partial charge in [-0.05, 0) is 54.7 Å². The van der Waals surface area contributed by atoms with Crippen LogP contribution >= 0.6 is 11.6 Å². The van der Waals surface area contributed by atoms with Crippen molar-refractivity contribution in [2.24, 2.45) is 5.92 Å². The highest BCUT2D eigenvalue weighted by Gasteiger charge is 2.29. The zero-order valence-electron chi connectivity index (χ0n) is 19.0. The van der Waals surface area contributed by atoms with Gasteiger partial charge >= 0.3 is 0 Å². The van der Waals surface area contributed by atoms with Crippen LogP contribution in [0.3, 0.4) is 0 Å². The second kappa shape index (κ2) is 10.9. The Morgan fingerprint density at radius 3 is 2.15 bits per heavy atom. The summed E-state index contributed by atoms with van der Waals surface area (Å²) in [5.74, 6) is -0.0433. The Kier molecular flexibility index (Phi) is 8.16. The minimum atomic E-state index is -4.00. The quantitative estimate of drug-likeness (QED) is 0.420. The predicted molar refractivity (Wildman–Crippen MR) is 134 cm³/mol. The molecule has 33 heavy (non-hydrogen) atoms. The molecule has 3 aromatic carbocycles. The van der Waals surface area contributed by atoms with Crippen molar-refractivity contribution in [2.75, 3.05) is 10.8 Å². The fraction of sp³-hybridized carbons (Fsp3) is 0.269. The zero-order chi connectivity index (χ0) is 24.0. The number of carbonyl (C=O) groups excluding carboxylic acids is 1. The molecule has 0 bridgehead atoms. The normalized spacial score (nSPS) is 12.4. The standard InChI is InChI=1S/C26H29ClN2O3S/c1-19(2)17-24(21-11-6-4-7-12-21)28-26(30)18-29(25-16-10-15-23(27)20(25)3)33(31,32)22-13-8-5-9-14-22/h4-16,19,24H,17-18H2,1-3H3,(H,28,30)/t24-/m1/s1. The summed E-state index contributed by atoms with van der Waals surface area (Å²) in [7, 11) is -4.00. The SMILES string of the molecule is Cc1c(Cl)cccc1N(CC(=O)N[C@H](CC(C)C)c1ccccc1)S(=O)(=O)c1ccccc1. The van der Waals surface area contributed by atoms with E-state index in [4.69, 9.17) is 11.6 Å². The van der Waals surface area contributed by atoms with Crippen LogP contribution in [0.2, 0.25) is 5.02 Å². The van der Waals surface area contributed by atoms with Gasteiger partial charge in [0.2, 0.25) is 5.91 Å². The van der Waals surface area contributed by atoms with Crippen LogP contribution in [0.4, 0.5) is 5.69 Å². The number of amides is 1. The van der Waals surface area contributed by atoms with E-state index >= 15 is 0 Å². The number of halogens is 1. The van der Waals surface area contributed by atoms with Gasteiger partial charge in [0, 0.05) is 5.02 Å². The average Bonchev–Trinajstić information content (AvgIpc) is 2.80. The van der Waals surface area contributed by atoms with Gasteiger partial charge in [-0.15, -0.1) is 0 Å². The molecular formula is C26H29ClN2O3S. The van der Waals surface area contributed by atoms with Gasteiger partial charge in [-0.1, -0.05) is 80.0 Å². The maximum absolute atomic E-state index is 13.6. The number of benzene rings is 3. The van der Waals surface area contributed by atoms with Gasteiger partial charge in [0.05, 0.1) is 16.6 Å². The molecule has 0 saturated carbocycles. The van der Waals surface area contributed by atoms with Crippen LogP contribution in [0, 0.1) is 12.8 Å². The van der Waals surface area contributed by atoms with E-state index in [9.17, 15) is 13.2 Å². The first-order chi connectivity index (χ1) is 15.7. The molecule has 0 radical (unpaired) electrons. The third-order valence-electron chi connectivity index (χ3n) is 5.37. The molecule has 1 amide bonds. The van der Waals surface area contributed by atoms with E-state index in [-0.39, 0.29) is 23.4 Å². The third-order valence-corrected chi connectivity index (χ3v) is 7.55. The molecule has 0 aliphatic heterocycles. The van der Waals surface area contributed by atoms with Crippen molar-refractivity contribution in [3.63, 3.8) is 0 Å². The van der Waals surface area contributed by atoms with E-state index in [0.29, 0.717) is 22.2 Å². The number of nitrogens with one attached hydrogen (secondary N) is 1. The fourth-order valence-corrected chi connectivity index (χ4v) is 5.36. The predicted octanol–water partition coefficient (Wildman–Crippen LogP) is 5.75. The smallest absolute Gasteiger partial charge is 0.264 e. The molecule has 0 saturated heterocycles. The van der Waals surface area contributed by atoms with E-state index in [1.807, 2.05) is 30.3 Å². The van der Waals surface area contributed by atoms with Crippen LogP contribution in [-0.2, 0) is 14.8 Å². The van der Waals surface area contributed by atoms with Gasteiger partial charge in [-0.3, -0.25) is 9.10 Å². The highest BCUT2D eigenvalue weighted by molar-refractivity contribution is 7.92. The summed E-state index contributed by atoms with van der Waals surface area (Å²) in [6.07, 6.45) is 0.734. The molecule has 5 nitrogen and oxygen atoms in total. The topological polar surface area (TPSA) is 66.5 Å². The second-order valence-electron chi connectivity index (χ2n) is 8.37. The average molecular weight is 485 g/mol. The number of sulfonamides is 1. The summed E-state index contributed by atoms with van der Waals surface area (Å²) in [5.41, 5.74) is 1.95. The van der Waals surface area contributed by atoms with Crippen LogP contribution in [0.15, 0.2) is 83.8 Å². The molecule has 3 aromatic rings. The lowest BCUT2D eigenvalue weighted by atomic mass is 9.97. The van der Waals surface area contributed by atoms with Crippen molar-refractivity contribution in [3.8, 4) is 0 Å². The number of hydrogen-bond acceptors (Lipinski definition) is 3. The third kappa shape index (κ3) is 6.15. The molecule has 3 rings (SSSR count). The number of anilines is 1. The van der Waals surface area contributed by atoms with Crippen LogP contribution in [0.1, 0.15) is 37.4 Å². The van der Waals surface area contributed by atoms with E-state index < -0.39 is 10.0 Å². The van der Waals surface area contributed by atoms with Crippen molar-refractivity contribution >= 4 is 33.2 Å². The minimum Gasteiger partial charge on any atom is -0.348 e. The highest BCUT2D eigenvalue weighted by Crippen LogP contribution is 2.31.